The third-order valence-corrected chi connectivity index (χ3v) is 4.35. The topological polar surface area (TPSA) is 36.9 Å². The molecule has 2 unspecified atom stereocenters. The van der Waals surface area contributed by atoms with Crippen LogP contribution in [0.25, 0.3) is 0 Å². The van der Waals surface area contributed by atoms with Crippen LogP contribution in [-0.4, -0.2) is 51.3 Å². The Morgan fingerprint density at radius 3 is 2.72 bits per heavy atom. The summed E-state index contributed by atoms with van der Waals surface area (Å²) < 4.78 is 5.42. The number of guanidine groups is 1. The van der Waals surface area contributed by atoms with Gasteiger partial charge in [-0.1, -0.05) is 13.8 Å². The molecule has 2 rings (SSSR count). The van der Waals surface area contributed by atoms with E-state index in [4.69, 9.17) is 4.74 Å². The molecule has 0 bridgehead atoms. The lowest BCUT2D eigenvalue weighted by molar-refractivity contribution is 0.181. The number of nitrogens with one attached hydrogen (secondary N) is 1. The molecule has 104 valence electrons. The van der Waals surface area contributed by atoms with Crippen LogP contribution in [-0.2, 0) is 4.74 Å². The molecule has 4 heteroatoms. The maximum Gasteiger partial charge on any atom is 0.193 e. The minimum atomic E-state index is 0.531. The third kappa shape index (κ3) is 3.37. The molecule has 1 heterocycles. The first-order valence-electron chi connectivity index (χ1n) is 7.02. The molecule has 0 radical (unpaired) electrons. The van der Waals surface area contributed by atoms with Gasteiger partial charge in [0.2, 0.25) is 0 Å². The second-order valence-electron chi connectivity index (χ2n) is 6.43. The summed E-state index contributed by atoms with van der Waals surface area (Å²) in [6.07, 6.45) is 2.51. The van der Waals surface area contributed by atoms with E-state index in [1.165, 1.54) is 12.8 Å². The quantitative estimate of drug-likeness (QED) is 0.610. The Balaban J connectivity index is 1.73. The molecule has 18 heavy (non-hydrogen) atoms. The van der Waals surface area contributed by atoms with Gasteiger partial charge in [0.1, 0.15) is 0 Å². The van der Waals surface area contributed by atoms with E-state index in [1.807, 2.05) is 7.05 Å². The van der Waals surface area contributed by atoms with Gasteiger partial charge >= 0.3 is 0 Å². The monoisotopic (exact) mass is 253 g/mol. The zero-order chi connectivity index (χ0) is 13.2. The van der Waals surface area contributed by atoms with E-state index in [0.717, 1.165) is 38.2 Å². The Morgan fingerprint density at radius 1 is 1.50 bits per heavy atom. The highest BCUT2D eigenvalue weighted by Crippen LogP contribution is 2.50. The maximum absolute atomic E-state index is 5.42. The van der Waals surface area contributed by atoms with Gasteiger partial charge in [-0.15, -0.1) is 0 Å². The number of nitrogens with zero attached hydrogens (tertiary/aromatic N) is 2. The molecule has 1 saturated heterocycles. The van der Waals surface area contributed by atoms with Crippen LogP contribution < -0.4 is 5.32 Å². The van der Waals surface area contributed by atoms with Gasteiger partial charge in [0.05, 0.1) is 6.61 Å². The molecule has 0 aromatic carbocycles. The predicted octanol–water partition coefficient (Wildman–Crippen LogP) is 1.58. The molecule has 2 atom stereocenters. The number of rotatable bonds is 4. The van der Waals surface area contributed by atoms with Gasteiger partial charge < -0.3 is 15.0 Å². The average molecular weight is 253 g/mol. The van der Waals surface area contributed by atoms with Crippen LogP contribution in [0.3, 0.4) is 0 Å². The minimum absolute atomic E-state index is 0.531. The van der Waals surface area contributed by atoms with Crippen molar-refractivity contribution in [2.24, 2.45) is 22.2 Å². The van der Waals surface area contributed by atoms with Crippen molar-refractivity contribution in [1.82, 2.24) is 10.2 Å². The highest BCUT2D eigenvalue weighted by atomic mass is 16.5. The van der Waals surface area contributed by atoms with E-state index in [1.54, 1.807) is 0 Å². The number of ether oxygens (including phenoxy) is 1. The summed E-state index contributed by atoms with van der Waals surface area (Å²) in [5.74, 6) is 2.48. The van der Waals surface area contributed by atoms with Gasteiger partial charge in [-0.3, -0.25) is 4.99 Å². The van der Waals surface area contributed by atoms with E-state index < -0.39 is 0 Å². The second kappa shape index (κ2) is 5.47. The molecule has 1 aliphatic heterocycles. The fraction of sp³-hybridized carbons (Fsp3) is 0.929. The van der Waals surface area contributed by atoms with Crippen molar-refractivity contribution >= 4 is 5.96 Å². The molecule has 2 fully saturated rings. The maximum atomic E-state index is 5.42. The van der Waals surface area contributed by atoms with E-state index in [9.17, 15) is 0 Å². The predicted molar refractivity (Wildman–Crippen MR) is 74.8 cm³/mol. The van der Waals surface area contributed by atoms with Gasteiger partial charge in [-0.05, 0) is 24.2 Å². The number of aliphatic imine (C=N–C) groups is 1. The van der Waals surface area contributed by atoms with Crippen molar-refractivity contribution in [2.45, 2.75) is 26.7 Å². The van der Waals surface area contributed by atoms with E-state index in [0.29, 0.717) is 11.3 Å². The Hall–Kier alpha value is -0.770. The van der Waals surface area contributed by atoms with Crippen LogP contribution in [0.15, 0.2) is 4.99 Å². The van der Waals surface area contributed by atoms with Crippen LogP contribution in [0.4, 0.5) is 0 Å². The zero-order valence-corrected chi connectivity index (χ0v) is 12.2. The van der Waals surface area contributed by atoms with Crippen molar-refractivity contribution in [3.05, 3.63) is 0 Å². The summed E-state index contributed by atoms with van der Waals surface area (Å²) in [5.41, 5.74) is 0.531. The summed E-state index contributed by atoms with van der Waals surface area (Å²) in [7, 11) is 3.98. The third-order valence-electron chi connectivity index (χ3n) is 4.35. The van der Waals surface area contributed by atoms with Crippen molar-refractivity contribution in [1.29, 1.82) is 0 Å². The Morgan fingerprint density at radius 2 is 2.22 bits per heavy atom. The van der Waals surface area contributed by atoms with Crippen molar-refractivity contribution in [2.75, 3.05) is 40.4 Å². The van der Waals surface area contributed by atoms with Crippen molar-refractivity contribution in [3.8, 4) is 0 Å². The molecule has 0 spiro atoms. The van der Waals surface area contributed by atoms with Gasteiger partial charge in [0.15, 0.2) is 5.96 Å². The van der Waals surface area contributed by atoms with Crippen LogP contribution in [0.2, 0.25) is 0 Å². The SMILES string of the molecule is CN=C(NCC1CC1(C)C)N(C)CC1CCOC1. The molecule has 1 N–H and O–H groups in total. The van der Waals surface area contributed by atoms with Crippen molar-refractivity contribution < 1.29 is 4.74 Å². The standard InChI is InChI=1S/C14H27N3O/c1-14(2)7-12(14)8-16-13(15-3)17(4)9-11-5-6-18-10-11/h11-12H,5-10H2,1-4H3,(H,15,16). The van der Waals surface area contributed by atoms with Gasteiger partial charge in [-0.2, -0.15) is 0 Å². The Labute approximate surface area is 111 Å². The molecule has 0 amide bonds. The molecular weight excluding hydrogens is 226 g/mol. The fourth-order valence-corrected chi connectivity index (χ4v) is 2.72. The highest BCUT2D eigenvalue weighted by Gasteiger charge is 2.45. The number of hydrogen-bond donors (Lipinski definition) is 1. The minimum Gasteiger partial charge on any atom is -0.381 e. The van der Waals surface area contributed by atoms with Crippen molar-refractivity contribution in [3.63, 3.8) is 0 Å². The lowest BCUT2D eigenvalue weighted by atomic mass is 10.1. The first kappa shape index (κ1) is 13.7. The largest absolute Gasteiger partial charge is 0.381 e. The second-order valence-corrected chi connectivity index (χ2v) is 6.43. The van der Waals surface area contributed by atoms with Gasteiger partial charge in [0.25, 0.3) is 0 Å². The normalized spacial score (nSPS) is 30.3. The first-order valence-corrected chi connectivity index (χ1v) is 7.02. The molecule has 0 aromatic heterocycles. The van der Waals surface area contributed by atoms with Crippen LogP contribution in [0.5, 0.6) is 0 Å². The van der Waals surface area contributed by atoms with Crippen LogP contribution >= 0.6 is 0 Å². The van der Waals surface area contributed by atoms with Gasteiger partial charge in [-0.25, -0.2) is 0 Å². The summed E-state index contributed by atoms with van der Waals surface area (Å²) in [6.45, 7) is 8.57. The lowest BCUT2D eigenvalue weighted by Crippen LogP contribution is -2.42. The van der Waals surface area contributed by atoms with Gasteiger partial charge in [0, 0.05) is 39.7 Å². The summed E-state index contributed by atoms with van der Waals surface area (Å²) in [5, 5.41) is 3.50. The molecule has 1 saturated carbocycles. The summed E-state index contributed by atoms with van der Waals surface area (Å²) in [6, 6.07) is 0. The summed E-state index contributed by atoms with van der Waals surface area (Å²) in [4.78, 5) is 6.60. The summed E-state index contributed by atoms with van der Waals surface area (Å²) >= 11 is 0. The molecular formula is C14H27N3O. The smallest absolute Gasteiger partial charge is 0.193 e. The van der Waals surface area contributed by atoms with E-state index >= 15 is 0 Å². The van der Waals surface area contributed by atoms with Crippen LogP contribution in [0.1, 0.15) is 26.7 Å². The fourth-order valence-electron chi connectivity index (χ4n) is 2.72. The average Bonchev–Trinajstić information content (AvgIpc) is 2.74. The molecule has 2 aliphatic rings. The van der Waals surface area contributed by atoms with E-state index in [-0.39, 0.29) is 0 Å². The van der Waals surface area contributed by atoms with E-state index in [2.05, 4.69) is 36.1 Å². The molecule has 0 aromatic rings. The Kier molecular flexibility index (Phi) is 4.15. The molecule has 4 nitrogen and oxygen atoms in total. The van der Waals surface area contributed by atoms with Crippen LogP contribution in [0, 0.1) is 17.3 Å². The Bertz CT molecular complexity index is 308. The number of hydrogen-bond acceptors (Lipinski definition) is 2. The lowest BCUT2D eigenvalue weighted by Gasteiger charge is -2.24. The molecule has 1 aliphatic carbocycles. The highest BCUT2D eigenvalue weighted by molar-refractivity contribution is 5.79. The first-order chi connectivity index (χ1) is 8.53. The zero-order valence-electron chi connectivity index (χ0n) is 12.2.